The topological polar surface area (TPSA) is 93.9 Å². The van der Waals surface area contributed by atoms with E-state index in [1.54, 1.807) is 12.1 Å². The van der Waals surface area contributed by atoms with E-state index in [-0.39, 0.29) is 18.8 Å². The summed E-state index contributed by atoms with van der Waals surface area (Å²) in [6, 6.07) is 10.4. The molecule has 0 N–H and O–H groups in total. The lowest BCUT2D eigenvalue weighted by molar-refractivity contribution is -0.137. The van der Waals surface area contributed by atoms with Gasteiger partial charge in [0.1, 0.15) is 12.6 Å². The van der Waals surface area contributed by atoms with Gasteiger partial charge in [0, 0.05) is 6.54 Å². The fourth-order valence-electron chi connectivity index (χ4n) is 4.91. The third-order valence-corrected chi connectivity index (χ3v) is 6.39. The number of anilines is 1. The zero-order valence-corrected chi connectivity index (χ0v) is 17.5. The largest absolute Gasteiger partial charge is 0.445 e. The van der Waals surface area contributed by atoms with Crippen molar-refractivity contribution in [1.29, 1.82) is 5.26 Å². The quantitative estimate of drug-likeness (QED) is 0.640. The molecule has 0 aliphatic carbocycles. The predicted molar refractivity (Wildman–Crippen MR) is 110 cm³/mol. The van der Waals surface area contributed by atoms with Crippen LogP contribution in [0.15, 0.2) is 48.5 Å². The fraction of sp³-hybridized carbons (Fsp3) is 0.304. The zero-order valence-electron chi connectivity index (χ0n) is 17.5. The Balaban J connectivity index is 1.37. The first kappa shape index (κ1) is 21.8. The molecule has 8 nitrogen and oxygen atoms in total. The van der Waals surface area contributed by atoms with E-state index in [4.69, 9.17) is 10.00 Å². The molecule has 0 spiro atoms. The smallest absolute Gasteiger partial charge is 0.417 e. The number of carbonyl (C=O) groups is 3. The summed E-state index contributed by atoms with van der Waals surface area (Å²) in [6.07, 6.45) is -5.06. The third-order valence-electron chi connectivity index (χ3n) is 6.39. The van der Waals surface area contributed by atoms with Crippen molar-refractivity contribution in [1.82, 2.24) is 9.80 Å². The molecule has 3 saturated heterocycles. The molecular weight excluding hydrogens is 453 g/mol. The summed E-state index contributed by atoms with van der Waals surface area (Å²) < 4.78 is 45.5. The van der Waals surface area contributed by atoms with Crippen molar-refractivity contribution >= 4 is 23.7 Å². The molecule has 0 saturated carbocycles. The normalized spacial score (nSPS) is 23.4. The van der Waals surface area contributed by atoms with Crippen LogP contribution in [0.4, 0.5) is 28.4 Å². The van der Waals surface area contributed by atoms with E-state index in [2.05, 4.69) is 0 Å². The van der Waals surface area contributed by atoms with Crippen LogP contribution in [0, 0.1) is 11.3 Å². The van der Waals surface area contributed by atoms with Gasteiger partial charge in [-0.05, 0) is 30.2 Å². The number of hydrogen-bond donors (Lipinski definition) is 0. The van der Waals surface area contributed by atoms with E-state index in [0.717, 1.165) is 17.7 Å². The molecule has 4 amide bonds. The molecule has 3 unspecified atom stereocenters. The highest BCUT2D eigenvalue weighted by atomic mass is 19.4. The number of urea groups is 1. The summed E-state index contributed by atoms with van der Waals surface area (Å²) in [5.74, 6) is -0.712. The molecule has 34 heavy (non-hydrogen) atoms. The second kappa shape index (κ2) is 7.76. The number of halogens is 3. The van der Waals surface area contributed by atoms with Gasteiger partial charge in [-0.3, -0.25) is 4.79 Å². The molecule has 0 aromatic heterocycles. The Bertz CT molecular complexity index is 1230. The number of amides is 4. The predicted octanol–water partition coefficient (Wildman–Crippen LogP) is 3.51. The summed E-state index contributed by atoms with van der Waals surface area (Å²) in [4.78, 5) is 42.3. The minimum Gasteiger partial charge on any atom is -0.445 e. The highest BCUT2D eigenvalue weighted by Gasteiger charge is 2.63. The number of nitriles is 1. The number of alkyl halides is 3. The third kappa shape index (κ3) is 3.34. The average molecular weight is 470 g/mol. The van der Waals surface area contributed by atoms with E-state index >= 15 is 0 Å². The fourth-order valence-corrected chi connectivity index (χ4v) is 4.91. The maximum Gasteiger partial charge on any atom is 0.417 e. The van der Waals surface area contributed by atoms with Gasteiger partial charge in [0.05, 0.1) is 35.0 Å². The lowest BCUT2D eigenvalue weighted by Gasteiger charge is -2.34. The average Bonchev–Trinajstić information content (AvgIpc) is 3.48. The summed E-state index contributed by atoms with van der Waals surface area (Å²) in [5.41, 5.74) is -1.31. The van der Waals surface area contributed by atoms with Crippen molar-refractivity contribution in [3.05, 3.63) is 65.2 Å². The van der Waals surface area contributed by atoms with Gasteiger partial charge < -0.3 is 14.5 Å². The number of rotatable bonds is 3. The maximum atomic E-state index is 13.4. The van der Waals surface area contributed by atoms with Crippen LogP contribution in [-0.4, -0.2) is 52.5 Å². The standard InChI is InChI=1S/C23H17F3N4O4/c24-23(25,26)17-8-15(7-6-14(17)10-27)30-20(31)19-18-9-16(29(19)21(30)32)11-28(18)22(33)34-12-13-4-2-1-3-5-13/h1-8,16,18-19H,9,11-12H2. The number of fused-ring (bicyclic) bond motifs is 5. The lowest BCUT2D eigenvalue weighted by Crippen LogP contribution is -2.54. The Morgan fingerprint density at radius 1 is 1.15 bits per heavy atom. The monoisotopic (exact) mass is 470 g/mol. The number of likely N-dealkylation sites (tertiary alicyclic amines) is 1. The van der Waals surface area contributed by atoms with Gasteiger partial charge >= 0.3 is 18.3 Å². The van der Waals surface area contributed by atoms with Gasteiger partial charge in [-0.15, -0.1) is 0 Å². The van der Waals surface area contributed by atoms with E-state index in [9.17, 15) is 27.6 Å². The maximum absolute atomic E-state index is 13.4. The summed E-state index contributed by atoms with van der Waals surface area (Å²) in [6.45, 7) is 0.217. The number of hydrogen-bond acceptors (Lipinski definition) is 5. The Kier molecular flexibility index (Phi) is 4.97. The number of nitrogens with zero attached hydrogens (tertiary/aromatic N) is 4. The molecule has 3 aliphatic heterocycles. The number of benzene rings is 2. The van der Waals surface area contributed by atoms with Crippen LogP contribution in [0.2, 0.25) is 0 Å². The Labute approximate surface area is 191 Å². The number of carbonyl (C=O) groups excluding carboxylic acids is 3. The van der Waals surface area contributed by atoms with Gasteiger partial charge in [-0.2, -0.15) is 18.4 Å². The zero-order chi connectivity index (χ0) is 24.2. The Hall–Kier alpha value is -4.07. The van der Waals surface area contributed by atoms with Gasteiger partial charge in [0.2, 0.25) is 0 Å². The molecule has 5 rings (SSSR count). The molecule has 2 aromatic rings. The van der Waals surface area contributed by atoms with Crippen molar-refractivity contribution in [2.75, 3.05) is 11.4 Å². The van der Waals surface area contributed by atoms with Crippen molar-refractivity contribution < 1.29 is 32.3 Å². The van der Waals surface area contributed by atoms with E-state index < -0.39 is 53.5 Å². The van der Waals surface area contributed by atoms with Gasteiger partial charge in [0.25, 0.3) is 5.91 Å². The molecule has 2 bridgehead atoms. The Morgan fingerprint density at radius 2 is 1.88 bits per heavy atom. The minimum atomic E-state index is -4.83. The summed E-state index contributed by atoms with van der Waals surface area (Å²) in [5, 5.41) is 8.99. The summed E-state index contributed by atoms with van der Waals surface area (Å²) in [7, 11) is 0. The molecule has 3 aliphatic rings. The van der Waals surface area contributed by atoms with Crippen LogP contribution in [-0.2, 0) is 22.3 Å². The van der Waals surface area contributed by atoms with Crippen LogP contribution in [0.3, 0.4) is 0 Å². The number of ether oxygens (including phenoxy) is 1. The van der Waals surface area contributed by atoms with E-state index in [0.29, 0.717) is 17.4 Å². The second-order valence-corrected chi connectivity index (χ2v) is 8.30. The first-order chi connectivity index (χ1) is 16.2. The lowest BCUT2D eigenvalue weighted by atomic mass is 10.1. The van der Waals surface area contributed by atoms with Gasteiger partial charge in [0.15, 0.2) is 0 Å². The number of piperazine rings is 1. The SMILES string of the molecule is N#Cc1ccc(N2C(=O)C3C4CC(CN4C(=O)OCc4ccccc4)N3C2=O)cc1C(F)(F)F. The molecule has 11 heteroatoms. The van der Waals surface area contributed by atoms with Crippen LogP contribution < -0.4 is 4.90 Å². The molecular formula is C23H17F3N4O4. The molecule has 3 heterocycles. The van der Waals surface area contributed by atoms with Gasteiger partial charge in [-0.25, -0.2) is 14.5 Å². The van der Waals surface area contributed by atoms with Crippen molar-refractivity contribution in [3.8, 4) is 6.07 Å². The first-order valence-electron chi connectivity index (χ1n) is 10.5. The molecule has 3 atom stereocenters. The molecule has 174 valence electrons. The van der Waals surface area contributed by atoms with Crippen LogP contribution >= 0.6 is 0 Å². The minimum absolute atomic E-state index is 0.0480. The van der Waals surface area contributed by atoms with Crippen molar-refractivity contribution in [2.24, 2.45) is 0 Å². The highest BCUT2D eigenvalue weighted by Crippen LogP contribution is 2.43. The Morgan fingerprint density at radius 3 is 2.56 bits per heavy atom. The molecule has 0 radical (unpaired) electrons. The van der Waals surface area contributed by atoms with E-state index in [1.165, 1.54) is 15.9 Å². The van der Waals surface area contributed by atoms with Gasteiger partial charge in [-0.1, -0.05) is 30.3 Å². The van der Waals surface area contributed by atoms with Crippen LogP contribution in [0.25, 0.3) is 0 Å². The first-order valence-corrected chi connectivity index (χ1v) is 10.5. The van der Waals surface area contributed by atoms with Crippen LogP contribution in [0.5, 0.6) is 0 Å². The summed E-state index contributed by atoms with van der Waals surface area (Å²) >= 11 is 0. The van der Waals surface area contributed by atoms with Crippen molar-refractivity contribution in [2.45, 2.75) is 37.3 Å². The second-order valence-electron chi connectivity index (χ2n) is 8.30. The highest BCUT2D eigenvalue weighted by molar-refractivity contribution is 6.22. The van der Waals surface area contributed by atoms with E-state index in [1.807, 2.05) is 18.2 Å². The number of imide groups is 1. The van der Waals surface area contributed by atoms with Crippen LogP contribution in [0.1, 0.15) is 23.1 Å². The van der Waals surface area contributed by atoms with Crippen molar-refractivity contribution in [3.63, 3.8) is 0 Å². The molecule has 3 fully saturated rings. The molecule has 2 aromatic carbocycles.